The van der Waals surface area contributed by atoms with Crippen LogP contribution in [0.3, 0.4) is 0 Å². The summed E-state index contributed by atoms with van der Waals surface area (Å²) in [5.74, 6) is 0. The molecule has 0 saturated heterocycles. The maximum Gasteiger partial charge on any atom is 0.0981 e. The third-order valence-electron chi connectivity index (χ3n) is 1.98. The predicted molar refractivity (Wildman–Crippen MR) is 59.4 cm³/mol. The first kappa shape index (κ1) is 10.7. The molecule has 0 aromatic carbocycles. The zero-order valence-corrected chi connectivity index (χ0v) is 9.87. The summed E-state index contributed by atoms with van der Waals surface area (Å²) in [5.41, 5.74) is 1.49. The van der Waals surface area contributed by atoms with Gasteiger partial charge in [-0.25, -0.2) is 4.98 Å². The van der Waals surface area contributed by atoms with Gasteiger partial charge in [-0.15, -0.1) is 11.3 Å². The van der Waals surface area contributed by atoms with E-state index in [-0.39, 0.29) is 5.41 Å². The van der Waals surface area contributed by atoms with Crippen molar-refractivity contribution in [2.45, 2.75) is 52.4 Å². The van der Waals surface area contributed by atoms with E-state index in [1.807, 2.05) is 0 Å². The Kier molecular flexibility index (Phi) is 3.48. The molecule has 0 aliphatic rings. The number of unbranched alkanes of at least 4 members (excludes halogenated alkanes) is 1. The SMILES string of the molecule is CCCCc1csc(C(C)(C)C)n1. The molecular formula is C11H19NS. The third-order valence-corrected chi connectivity index (χ3v) is 3.30. The van der Waals surface area contributed by atoms with Gasteiger partial charge in [0.2, 0.25) is 0 Å². The van der Waals surface area contributed by atoms with Gasteiger partial charge in [0.25, 0.3) is 0 Å². The van der Waals surface area contributed by atoms with Gasteiger partial charge in [0.1, 0.15) is 0 Å². The van der Waals surface area contributed by atoms with Crippen LogP contribution in [0.4, 0.5) is 0 Å². The molecule has 0 amide bonds. The topological polar surface area (TPSA) is 12.9 Å². The Labute approximate surface area is 85.2 Å². The molecule has 2 heteroatoms. The van der Waals surface area contributed by atoms with Gasteiger partial charge in [-0.1, -0.05) is 34.1 Å². The average molecular weight is 197 g/mol. The smallest absolute Gasteiger partial charge is 0.0981 e. The molecule has 0 atom stereocenters. The fourth-order valence-electron chi connectivity index (χ4n) is 1.12. The van der Waals surface area contributed by atoms with Gasteiger partial charge in [0.05, 0.1) is 10.7 Å². The molecule has 0 saturated carbocycles. The van der Waals surface area contributed by atoms with Crippen LogP contribution in [0.2, 0.25) is 0 Å². The Morgan fingerprint density at radius 2 is 2.08 bits per heavy atom. The second-order valence-electron chi connectivity index (χ2n) is 4.50. The summed E-state index contributed by atoms with van der Waals surface area (Å²) in [6.45, 7) is 8.87. The highest BCUT2D eigenvalue weighted by molar-refractivity contribution is 7.09. The Morgan fingerprint density at radius 1 is 1.38 bits per heavy atom. The fraction of sp³-hybridized carbons (Fsp3) is 0.727. The van der Waals surface area contributed by atoms with Crippen LogP contribution in [0, 0.1) is 0 Å². The van der Waals surface area contributed by atoms with Crippen molar-refractivity contribution in [1.29, 1.82) is 0 Å². The van der Waals surface area contributed by atoms with E-state index in [0.29, 0.717) is 0 Å². The Bertz CT molecular complexity index is 257. The van der Waals surface area contributed by atoms with E-state index in [0.717, 1.165) is 6.42 Å². The normalized spacial score (nSPS) is 12.0. The molecule has 0 fully saturated rings. The molecule has 1 nitrogen and oxygen atoms in total. The molecule has 0 radical (unpaired) electrons. The van der Waals surface area contributed by atoms with Crippen LogP contribution in [-0.2, 0) is 11.8 Å². The molecule has 0 aliphatic carbocycles. The van der Waals surface area contributed by atoms with Crippen LogP contribution in [-0.4, -0.2) is 4.98 Å². The molecule has 0 N–H and O–H groups in total. The zero-order chi connectivity index (χ0) is 9.90. The van der Waals surface area contributed by atoms with Crippen molar-refractivity contribution in [3.63, 3.8) is 0 Å². The van der Waals surface area contributed by atoms with Crippen LogP contribution in [0.5, 0.6) is 0 Å². The molecule has 0 spiro atoms. The highest BCUT2D eigenvalue weighted by Gasteiger charge is 2.17. The molecule has 0 unspecified atom stereocenters. The number of thiazole rings is 1. The first-order valence-electron chi connectivity index (χ1n) is 4.99. The van der Waals surface area contributed by atoms with Crippen LogP contribution >= 0.6 is 11.3 Å². The van der Waals surface area contributed by atoms with E-state index in [1.54, 1.807) is 11.3 Å². The Balaban J connectivity index is 2.64. The minimum atomic E-state index is 0.217. The maximum atomic E-state index is 4.64. The Hall–Kier alpha value is -0.370. The number of rotatable bonds is 3. The molecule has 1 heterocycles. The summed E-state index contributed by atoms with van der Waals surface area (Å²) in [5, 5.41) is 3.47. The standard InChI is InChI=1S/C11H19NS/c1-5-6-7-9-8-13-10(12-9)11(2,3)4/h8H,5-7H2,1-4H3. The fourth-order valence-corrected chi connectivity index (χ4v) is 2.07. The van der Waals surface area contributed by atoms with Crippen molar-refractivity contribution in [1.82, 2.24) is 4.98 Å². The van der Waals surface area contributed by atoms with E-state index in [4.69, 9.17) is 0 Å². The number of aromatic nitrogens is 1. The quantitative estimate of drug-likeness (QED) is 0.718. The lowest BCUT2D eigenvalue weighted by molar-refractivity contribution is 0.582. The second-order valence-corrected chi connectivity index (χ2v) is 5.36. The van der Waals surface area contributed by atoms with Gasteiger partial charge in [0, 0.05) is 10.8 Å². The second kappa shape index (κ2) is 4.23. The van der Waals surface area contributed by atoms with E-state index in [1.165, 1.54) is 23.5 Å². The van der Waals surface area contributed by atoms with E-state index < -0.39 is 0 Å². The van der Waals surface area contributed by atoms with Crippen molar-refractivity contribution >= 4 is 11.3 Å². The third kappa shape index (κ3) is 3.11. The Morgan fingerprint density at radius 3 is 2.54 bits per heavy atom. The number of hydrogen-bond donors (Lipinski definition) is 0. The molecule has 13 heavy (non-hydrogen) atoms. The summed E-state index contributed by atoms with van der Waals surface area (Å²) < 4.78 is 0. The number of nitrogens with zero attached hydrogens (tertiary/aromatic N) is 1. The monoisotopic (exact) mass is 197 g/mol. The molecule has 1 aromatic rings. The first-order chi connectivity index (χ1) is 6.04. The van der Waals surface area contributed by atoms with Crippen molar-refractivity contribution < 1.29 is 0 Å². The van der Waals surface area contributed by atoms with Gasteiger partial charge in [-0.05, 0) is 12.8 Å². The summed E-state index contributed by atoms with van der Waals surface area (Å²) in [6.07, 6.45) is 3.65. The maximum absolute atomic E-state index is 4.64. The van der Waals surface area contributed by atoms with Crippen LogP contribution in [0.25, 0.3) is 0 Å². The number of hydrogen-bond acceptors (Lipinski definition) is 2. The van der Waals surface area contributed by atoms with E-state index in [2.05, 4.69) is 38.1 Å². The van der Waals surface area contributed by atoms with Crippen molar-refractivity contribution in [3.8, 4) is 0 Å². The highest BCUT2D eigenvalue weighted by atomic mass is 32.1. The summed E-state index contributed by atoms with van der Waals surface area (Å²) in [4.78, 5) is 4.64. The van der Waals surface area contributed by atoms with Crippen LogP contribution < -0.4 is 0 Å². The summed E-state index contributed by atoms with van der Waals surface area (Å²) >= 11 is 1.80. The van der Waals surface area contributed by atoms with Crippen molar-refractivity contribution in [2.75, 3.05) is 0 Å². The van der Waals surface area contributed by atoms with Gasteiger partial charge in [-0.3, -0.25) is 0 Å². The predicted octanol–water partition coefficient (Wildman–Crippen LogP) is 3.78. The lowest BCUT2D eigenvalue weighted by Gasteiger charge is -2.13. The summed E-state index contributed by atoms with van der Waals surface area (Å²) in [7, 11) is 0. The van der Waals surface area contributed by atoms with Gasteiger partial charge < -0.3 is 0 Å². The zero-order valence-electron chi connectivity index (χ0n) is 9.05. The highest BCUT2D eigenvalue weighted by Crippen LogP contribution is 2.25. The van der Waals surface area contributed by atoms with Crippen LogP contribution in [0.15, 0.2) is 5.38 Å². The van der Waals surface area contributed by atoms with Crippen molar-refractivity contribution in [3.05, 3.63) is 16.1 Å². The summed E-state index contributed by atoms with van der Waals surface area (Å²) in [6, 6.07) is 0. The lowest BCUT2D eigenvalue weighted by Crippen LogP contribution is -2.10. The van der Waals surface area contributed by atoms with Crippen LogP contribution in [0.1, 0.15) is 51.2 Å². The minimum Gasteiger partial charge on any atom is -0.246 e. The lowest BCUT2D eigenvalue weighted by atomic mass is 9.98. The largest absolute Gasteiger partial charge is 0.246 e. The first-order valence-corrected chi connectivity index (χ1v) is 5.87. The molecule has 0 bridgehead atoms. The molecule has 74 valence electrons. The van der Waals surface area contributed by atoms with Crippen molar-refractivity contribution in [2.24, 2.45) is 0 Å². The number of aryl methyl sites for hydroxylation is 1. The molecular weight excluding hydrogens is 178 g/mol. The average Bonchev–Trinajstić information content (AvgIpc) is 2.47. The van der Waals surface area contributed by atoms with E-state index in [9.17, 15) is 0 Å². The molecule has 1 rings (SSSR count). The molecule has 0 aliphatic heterocycles. The van der Waals surface area contributed by atoms with Gasteiger partial charge in [-0.2, -0.15) is 0 Å². The van der Waals surface area contributed by atoms with Gasteiger partial charge in [0.15, 0.2) is 0 Å². The van der Waals surface area contributed by atoms with Gasteiger partial charge >= 0.3 is 0 Å². The minimum absolute atomic E-state index is 0.217. The molecule has 1 aromatic heterocycles. The van der Waals surface area contributed by atoms with E-state index >= 15 is 0 Å².